The van der Waals surface area contributed by atoms with Crippen molar-refractivity contribution in [2.75, 3.05) is 52.0 Å². The second-order valence-corrected chi connectivity index (χ2v) is 9.76. The number of hydrogen-bond acceptors (Lipinski definition) is 6. The molecule has 1 saturated heterocycles. The molecule has 2 aliphatic rings. The third-order valence-electron chi connectivity index (χ3n) is 7.46. The molecule has 5 rings (SSSR count). The van der Waals surface area contributed by atoms with E-state index in [0.29, 0.717) is 35.9 Å². The molecule has 0 unspecified atom stereocenters. The molecule has 0 saturated carbocycles. The molecule has 1 fully saturated rings. The Hall–Kier alpha value is -4.06. The minimum atomic E-state index is -0.255. The number of piperidine rings is 1. The zero-order valence-electron chi connectivity index (χ0n) is 21.5. The Labute approximate surface area is 223 Å². The maximum Gasteiger partial charge on any atom is 0.319 e. The van der Waals surface area contributed by atoms with E-state index < -0.39 is 0 Å². The number of benzene rings is 3. The largest absolute Gasteiger partial charge is 0.454 e. The highest BCUT2D eigenvalue weighted by molar-refractivity contribution is 5.89. The molecule has 0 aromatic heterocycles. The molecular weight excluding hydrogens is 480 g/mol. The molecule has 3 aromatic carbocycles. The van der Waals surface area contributed by atoms with Gasteiger partial charge in [-0.15, -0.1) is 0 Å². The SMILES string of the molecule is COCCN1CCC(CNC(=O)Nc2ccc3c(c2)OCO3)(c2ccc(-c3cccc(C#N)c3)cc2)CC1. The predicted molar refractivity (Wildman–Crippen MR) is 145 cm³/mol. The van der Waals surface area contributed by atoms with Crippen molar-refractivity contribution in [2.45, 2.75) is 18.3 Å². The van der Waals surface area contributed by atoms with E-state index >= 15 is 0 Å². The highest BCUT2D eigenvalue weighted by atomic mass is 16.7. The molecule has 2 aliphatic heterocycles. The highest BCUT2D eigenvalue weighted by Gasteiger charge is 2.36. The lowest BCUT2D eigenvalue weighted by molar-refractivity contribution is 0.109. The number of anilines is 1. The number of nitriles is 1. The summed E-state index contributed by atoms with van der Waals surface area (Å²) >= 11 is 0. The van der Waals surface area contributed by atoms with Gasteiger partial charge in [0.15, 0.2) is 11.5 Å². The third-order valence-corrected chi connectivity index (χ3v) is 7.46. The van der Waals surface area contributed by atoms with Gasteiger partial charge in [-0.25, -0.2) is 4.79 Å². The number of fused-ring (bicyclic) bond motifs is 1. The van der Waals surface area contributed by atoms with Gasteiger partial charge in [-0.05, 0) is 66.9 Å². The summed E-state index contributed by atoms with van der Waals surface area (Å²) < 4.78 is 16.0. The van der Waals surface area contributed by atoms with Crippen LogP contribution in [0.3, 0.4) is 0 Å². The van der Waals surface area contributed by atoms with Crippen molar-refractivity contribution in [1.82, 2.24) is 10.2 Å². The van der Waals surface area contributed by atoms with E-state index in [4.69, 9.17) is 14.2 Å². The number of hydrogen-bond donors (Lipinski definition) is 2. The van der Waals surface area contributed by atoms with Crippen LogP contribution in [-0.4, -0.2) is 57.6 Å². The number of methoxy groups -OCH3 is 1. The fourth-order valence-electron chi connectivity index (χ4n) is 5.18. The molecule has 0 bridgehead atoms. The van der Waals surface area contributed by atoms with Gasteiger partial charge in [0.2, 0.25) is 6.79 Å². The lowest BCUT2D eigenvalue weighted by atomic mass is 9.72. The molecular formula is C30H32N4O4. The Morgan fingerprint density at radius 2 is 1.82 bits per heavy atom. The van der Waals surface area contributed by atoms with Crippen molar-refractivity contribution in [2.24, 2.45) is 0 Å². The van der Waals surface area contributed by atoms with E-state index in [9.17, 15) is 10.1 Å². The van der Waals surface area contributed by atoms with E-state index in [2.05, 4.69) is 45.9 Å². The first-order valence-corrected chi connectivity index (χ1v) is 12.9. The molecule has 196 valence electrons. The minimum Gasteiger partial charge on any atom is -0.454 e. The van der Waals surface area contributed by atoms with Crippen molar-refractivity contribution in [3.05, 3.63) is 77.9 Å². The molecule has 2 heterocycles. The quantitative estimate of drug-likeness (QED) is 0.452. The predicted octanol–water partition coefficient (Wildman–Crippen LogP) is 4.76. The number of rotatable bonds is 8. The van der Waals surface area contributed by atoms with Gasteiger partial charge in [-0.2, -0.15) is 5.26 Å². The molecule has 8 heteroatoms. The van der Waals surface area contributed by atoms with Gasteiger partial charge >= 0.3 is 6.03 Å². The normalized spacial score (nSPS) is 16.0. The van der Waals surface area contributed by atoms with E-state index in [1.165, 1.54) is 5.56 Å². The Morgan fingerprint density at radius 3 is 2.58 bits per heavy atom. The van der Waals surface area contributed by atoms with Gasteiger partial charge in [-0.1, -0.05) is 36.4 Å². The van der Waals surface area contributed by atoms with Crippen LogP contribution in [0.2, 0.25) is 0 Å². The van der Waals surface area contributed by atoms with Crippen molar-refractivity contribution in [3.8, 4) is 28.7 Å². The second kappa shape index (κ2) is 11.5. The van der Waals surface area contributed by atoms with Gasteiger partial charge in [0.1, 0.15) is 0 Å². The van der Waals surface area contributed by atoms with E-state index in [1.807, 2.05) is 24.3 Å². The second-order valence-electron chi connectivity index (χ2n) is 9.76. The first-order valence-electron chi connectivity index (χ1n) is 12.9. The Kier molecular flexibility index (Phi) is 7.78. The van der Waals surface area contributed by atoms with Crippen molar-refractivity contribution in [1.29, 1.82) is 5.26 Å². The maximum atomic E-state index is 12.9. The smallest absolute Gasteiger partial charge is 0.319 e. The summed E-state index contributed by atoms with van der Waals surface area (Å²) in [5, 5.41) is 15.3. The highest BCUT2D eigenvalue weighted by Crippen LogP contribution is 2.37. The summed E-state index contributed by atoms with van der Waals surface area (Å²) in [6.07, 6.45) is 1.84. The molecule has 2 amide bonds. The molecule has 0 atom stereocenters. The lowest BCUT2D eigenvalue weighted by Crippen LogP contribution is -2.50. The molecule has 0 radical (unpaired) electrons. The average Bonchev–Trinajstić information content (AvgIpc) is 3.44. The van der Waals surface area contributed by atoms with Crippen LogP contribution < -0.4 is 20.1 Å². The number of carbonyl (C=O) groups excluding carboxylic acids is 1. The third kappa shape index (κ3) is 5.75. The van der Waals surface area contributed by atoms with Crippen LogP contribution in [0.1, 0.15) is 24.0 Å². The summed E-state index contributed by atoms with van der Waals surface area (Å²) in [6.45, 7) is 4.18. The molecule has 2 N–H and O–H groups in total. The lowest BCUT2D eigenvalue weighted by Gasteiger charge is -2.42. The molecule has 0 aliphatic carbocycles. The van der Waals surface area contributed by atoms with Crippen molar-refractivity contribution >= 4 is 11.7 Å². The fourth-order valence-corrected chi connectivity index (χ4v) is 5.18. The number of amides is 2. The van der Waals surface area contributed by atoms with Crippen LogP contribution >= 0.6 is 0 Å². The number of carbonyl (C=O) groups is 1. The Balaban J connectivity index is 1.31. The van der Waals surface area contributed by atoms with E-state index in [1.54, 1.807) is 25.3 Å². The molecule has 38 heavy (non-hydrogen) atoms. The van der Waals surface area contributed by atoms with Crippen molar-refractivity contribution in [3.63, 3.8) is 0 Å². The number of nitrogens with zero attached hydrogens (tertiary/aromatic N) is 2. The van der Waals surface area contributed by atoms with Crippen LogP contribution in [0.4, 0.5) is 10.5 Å². The van der Waals surface area contributed by atoms with Crippen LogP contribution in [0.15, 0.2) is 66.7 Å². The number of urea groups is 1. The van der Waals surface area contributed by atoms with Gasteiger partial charge in [0.05, 0.1) is 18.2 Å². The average molecular weight is 513 g/mol. The molecule has 8 nitrogen and oxygen atoms in total. The van der Waals surface area contributed by atoms with E-state index in [0.717, 1.165) is 43.6 Å². The van der Waals surface area contributed by atoms with Crippen LogP contribution in [0.5, 0.6) is 11.5 Å². The van der Waals surface area contributed by atoms with Gasteiger partial charge in [-0.3, -0.25) is 0 Å². The van der Waals surface area contributed by atoms with Gasteiger partial charge < -0.3 is 29.7 Å². The summed E-state index contributed by atoms with van der Waals surface area (Å²) in [7, 11) is 1.73. The first-order chi connectivity index (χ1) is 18.6. The van der Waals surface area contributed by atoms with Crippen LogP contribution in [-0.2, 0) is 10.2 Å². The van der Waals surface area contributed by atoms with E-state index in [-0.39, 0.29) is 18.2 Å². The minimum absolute atomic E-state index is 0.192. The van der Waals surface area contributed by atoms with Crippen molar-refractivity contribution < 1.29 is 19.0 Å². The topological polar surface area (TPSA) is 95.8 Å². The van der Waals surface area contributed by atoms with Crippen LogP contribution in [0.25, 0.3) is 11.1 Å². The summed E-state index contributed by atoms with van der Waals surface area (Å²) in [4.78, 5) is 15.3. The monoisotopic (exact) mass is 512 g/mol. The summed E-state index contributed by atoms with van der Waals surface area (Å²) in [5.41, 5.74) is 4.38. The maximum absolute atomic E-state index is 12.9. The Bertz CT molecular complexity index is 1310. The summed E-state index contributed by atoms with van der Waals surface area (Å²) in [6, 6.07) is 23.5. The molecule has 3 aromatic rings. The fraction of sp³-hybridized carbons (Fsp3) is 0.333. The zero-order valence-corrected chi connectivity index (χ0v) is 21.5. The zero-order chi connectivity index (χ0) is 26.4. The van der Waals surface area contributed by atoms with Crippen LogP contribution in [0, 0.1) is 11.3 Å². The Morgan fingerprint density at radius 1 is 1.03 bits per heavy atom. The van der Waals surface area contributed by atoms with Gasteiger partial charge in [0, 0.05) is 37.4 Å². The summed E-state index contributed by atoms with van der Waals surface area (Å²) in [5.74, 6) is 1.31. The number of likely N-dealkylation sites (tertiary alicyclic amines) is 1. The molecule has 0 spiro atoms. The number of ether oxygens (including phenoxy) is 3. The first kappa shape index (κ1) is 25.6. The standard InChI is InChI=1S/C30H32N4O4/c1-36-16-15-34-13-11-30(12-14-34,20-32-29(35)33-26-9-10-27-28(18-26)38-21-37-27)25-7-5-23(6-8-25)24-4-2-3-22(17-24)19-31/h2-10,17-18H,11-16,20-21H2,1H3,(H2,32,33,35). The number of nitrogens with one attached hydrogen (secondary N) is 2. The van der Waals surface area contributed by atoms with Gasteiger partial charge in [0.25, 0.3) is 0 Å².